The molecule has 1 aliphatic carbocycles. The summed E-state index contributed by atoms with van der Waals surface area (Å²) in [5.41, 5.74) is -0.938. The van der Waals surface area contributed by atoms with Crippen LogP contribution in [0.2, 0.25) is 5.02 Å². The topological polar surface area (TPSA) is 21.3 Å². The summed E-state index contributed by atoms with van der Waals surface area (Å²) in [6, 6.07) is 3.80. The highest BCUT2D eigenvalue weighted by Crippen LogP contribution is 2.54. The lowest BCUT2D eigenvalue weighted by Gasteiger charge is -2.55. The van der Waals surface area contributed by atoms with Gasteiger partial charge in [-0.15, -0.1) is 0 Å². The van der Waals surface area contributed by atoms with E-state index in [0.29, 0.717) is 6.61 Å². The fourth-order valence-electron chi connectivity index (χ4n) is 3.68. The molecule has 0 aromatic heterocycles. The van der Waals surface area contributed by atoms with Crippen molar-refractivity contribution in [2.24, 2.45) is 11.3 Å². The molecule has 3 unspecified atom stereocenters. The summed E-state index contributed by atoms with van der Waals surface area (Å²) < 4.78 is 45.1. The number of para-hydroxylation sites is 1. The third-order valence-electron chi connectivity index (χ3n) is 4.72. The van der Waals surface area contributed by atoms with Crippen LogP contribution in [0.25, 0.3) is 0 Å². The molecule has 2 fully saturated rings. The number of benzene rings is 1. The quantitative estimate of drug-likeness (QED) is 0.861. The van der Waals surface area contributed by atoms with Crippen molar-refractivity contribution < 1.29 is 17.9 Å². The molecular weight excluding hydrogens is 303 g/mol. The Morgan fingerprint density at radius 3 is 2.71 bits per heavy atom. The zero-order valence-corrected chi connectivity index (χ0v) is 12.6. The molecule has 21 heavy (non-hydrogen) atoms. The minimum Gasteiger partial charge on any atom is -0.380 e. The summed E-state index contributed by atoms with van der Waals surface area (Å²) in [6.45, 7) is 4.70. The van der Waals surface area contributed by atoms with Crippen LogP contribution < -0.4 is 5.32 Å². The Bertz CT molecular complexity index is 558. The highest BCUT2D eigenvalue weighted by atomic mass is 35.5. The van der Waals surface area contributed by atoms with Crippen LogP contribution in [0.3, 0.4) is 0 Å². The van der Waals surface area contributed by atoms with E-state index in [1.807, 2.05) is 13.8 Å². The summed E-state index contributed by atoms with van der Waals surface area (Å²) in [5.74, 6) is 0.248. The molecule has 1 saturated heterocycles. The average Bonchev–Trinajstić information content (AvgIpc) is 2.82. The lowest BCUT2D eigenvalue weighted by molar-refractivity contribution is -0.137. The standard InChI is InChI=1S/C15H17ClF3NO/c1-14(2)12(8-6-7-21-13(8)14)20-11-9(15(17,18)19)4-3-5-10(11)16/h3-5,8,12-13,20H,6-7H2,1-2H3. The molecule has 2 aliphatic rings. The van der Waals surface area contributed by atoms with Gasteiger partial charge in [-0.05, 0) is 18.6 Å². The van der Waals surface area contributed by atoms with Crippen molar-refractivity contribution in [1.29, 1.82) is 0 Å². The lowest BCUT2D eigenvalue weighted by Crippen LogP contribution is -2.63. The van der Waals surface area contributed by atoms with Gasteiger partial charge in [-0.3, -0.25) is 0 Å². The molecule has 0 amide bonds. The summed E-state index contributed by atoms with van der Waals surface area (Å²) in [4.78, 5) is 0. The second-order valence-corrected chi connectivity index (χ2v) is 6.75. The highest BCUT2D eigenvalue weighted by Gasteiger charge is 2.59. The van der Waals surface area contributed by atoms with E-state index < -0.39 is 11.7 Å². The average molecular weight is 320 g/mol. The predicted molar refractivity (Wildman–Crippen MR) is 75.5 cm³/mol. The van der Waals surface area contributed by atoms with Gasteiger partial charge in [0.25, 0.3) is 0 Å². The Morgan fingerprint density at radius 1 is 1.33 bits per heavy atom. The van der Waals surface area contributed by atoms with E-state index in [4.69, 9.17) is 16.3 Å². The Kier molecular flexibility index (Phi) is 3.41. The first kappa shape index (κ1) is 15.0. The molecule has 0 radical (unpaired) electrons. The first-order chi connectivity index (χ1) is 9.73. The highest BCUT2D eigenvalue weighted by molar-refractivity contribution is 6.33. The Hall–Kier alpha value is -0.940. The molecule has 2 nitrogen and oxygen atoms in total. The molecule has 1 saturated carbocycles. The van der Waals surface area contributed by atoms with Crippen molar-refractivity contribution in [2.45, 2.75) is 38.6 Å². The fraction of sp³-hybridized carbons (Fsp3) is 0.600. The van der Waals surface area contributed by atoms with Crippen molar-refractivity contribution >= 4 is 17.3 Å². The second-order valence-electron chi connectivity index (χ2n) is 6.35. The van der Waals surface area contributed by atoms with Crippen molar-refractivity contribution in [1.82, 2.24) is 0 Å². The van der Waals surface area contributed by atoms with Gasteiger partial charge in [-0.1, -0.05) is 31.5 Å². The van der Waals surface area contributed by atoms with E-state index >= 15 is 0 Å². The van der Waals surface area contributed by atoms with Crippen molar-refractivity contribution in [3.05, 3.63) is 28.8 Å². The molecule has 3 rings (SSSR count). The van der Waals surface area contributed by atoms with Gasteiger partial charge in [-0.2, -0.15) is 13.2 Å². The van der Waals surface area contributed by atoms with E-state index in [1.165, 1.54) is 12.1 Å². The third-order valence-corrected chi connectivity index (χ3v) is 5.03. The fourth-order valence-corrected chi connectivity index (χ4v) is 3.91. The number of halogens is 4. The Labute approximate surface area is 126 Å². The summed E-state index contributed by atoms with van der Waals surface area (Å²) >= 11 is 6.00. The SMILES string of the molecule is CC1(C)C(Nc2c(Cl)cccc2C(F)(F)F)C2CCOC21. The van der Waals surface area contributed by atoms with Crippen molar-refractivity contribution in [2.75, 3.05) is 11.9 Å². The first-order valence-electron chi connectivity index (χ1n) is 6.97. The molecule has 0 spiro atoms. The lowest BCUT2D eigenvalue weighted by atomic mass is 9.57. The van der Waals surface area contributed by atoms with Gasteiger partial charge in [0.2, 0.25) is 0 Å². The molecule has 6 heteroatoms. The van der Waals surface area contributed by atoms with Gasteiger partial charge in [0.05, 0.1) is 22.4 Å². The van der Waals surface area contributed by atoms with Crippen LogP contribution in [0.5, 0.6) is 0 Å². The maximum absolute atomic E-state index is 13.1. The minimum atomic E-state index is -4.42. The monoisotopic (exact) mass is 319 g/mol. The molecule has 1 aromatic carbocycles. The smallest absolute Gasteiger partial charge is 0.380 e. The molecule has 3 atom stereocenters. The van der Waals surface area contributed by atoms with E-state index in [2.05, 4.69) is 5.32 Å². The van der Waals surface area contributed by atoms with Crippen LogP contribution in [0.15, 0.2) is 18.2 Å². The molecule has 0 bridgehead atoms. The largest absolute Gasteiger partial charge is 0.418 e. The second kappa shape index (κ2) is 4.78. The van der Waals surface area contributed by atoms with Crippen LogP contribution >= 0.6 is 11.6 Å². The van der Waals surface area contributed by atoms with Gasteiger partial charge in [0.1, 0.15) is 0 Å². The van der Waals surface area contributed by atoms with E-state index in [-0.39, 0.29) is 34.2 Å². The van der Waals surface area contributed by atoms with Crippen LogP contribution in [0, 0.1) is 11.3 Å². The molecule has 1 heterocycles. The molecule has 1 aromatic rings. The third kappa shape index (κ3) is 2.30. The van der Waals surface area contributed by atoms with Gasteiger partial charge in [0.15, 0.2) is 0 Å². The zero-order valence-electron chi connectivity index (χ0n) is 11.8. The van der Waals surface area contributed by atoms with Gasteiger partial charge < -0.3 is 10.1 Å². The molecular formula is C15H17ClF3NO. The Balaban J connectivity index is 1.92. The number of nitrogens with one attached hydrogen (secondary N) is 1. The Morgan fingerprint density at radius 2 is 2.05 bits per heavy atom. The number of rotatable bonds is 2. The van der Waals surface area contributed by atoms with E-state index in [9.17, 15) is 13.2 Å². The number of alkyl halides is 3. The summed E-state index contributed by atoms with van der Waals surface area (Å²) in [7, 11) is 0. The van der Waals surface area contributed by atoms with Crippen LogP contribution in [0.4, 0.5) is 18.9 Å². The number of ether oxygens (including phenoxy) is 1. The zero-order chi connectivity index (χ0) is 15.4. The van der Waals surface area contributed by atoms with E-state index in [0.717, 1.165) is 12.5 Å². The molecule has 116 valence electrons. The van der Waals surface area contributed by atoms with Gasteiger partial charge in [0, 0.05) is 24.0 Å². The number of hydrogen-bond donors (Lipinski definition) is 1. The van der Waals surface area contributed by atoms with Crippen LogP contribution in [-0.2, 0) is 10.9 Å². The van der Waals surface area contributed by atoms with Crippen LogP contribution in [0.1, 0.15) is 25.8 Å². The number of anilines is 1. The number of hydrogen-bond acceptors (Lipinski definition) is 2. The van der Waals surface area contributed by atoms with Crippen molar-refractivity contribution in [3.8, 4) is 0 Å². The summed E-state index contributed by atoms with van der Waals surface area (Å²) in [5, 5.41) is 3.15. The maximum atomic E-state index is 13.1. The minimum absolute atomic E-state index is 0.0184. The normalized spacial score (nSPS) is 30.7. The first-order valence-corrected chi connectivity index (χ1v) is 7.34. The van der Waals surface area contributed by atoms with Crippen LogP contribution in [-0.4, -0.2) is 18.8 Å². The summed E-state index contributed by atoms with van der Waals surface area (Å²) in [6.07, 6.45) is -3.43. The molecule has 1 N–H and O–H groups in total. The molecule has 1 aliphatic heterocycles. The maximum Gasteiger partial charge on any atom is 0.418 e. The van der Waals surface area contributed by atoms with Gasteiger partial charge in [-0.25, -0.2) is 0 Å². The predicted octanol–water partition coefficient (Wildman–Crippen LogP) is 4.58. The van der Waals surface area contributed by atoms with Gasteiger partial charge >= 0.3 is 6.18 Å². The number of fused-ring (bicyclic) bond motifs is 1. The van der Waals surface area contributed by atoms with Crippen molar-refractivity contribution in [3.63, 3.8) is 0 Å². The van der Waals surface area contributed by atoms with E-state index in [1.54, 1.807) is 0 Å².